The monoisotopic (exact) mass is 453 g/mol. The number of amides is 3. The number of carbonyl (C=O) groups excluding carboxylic acids is 3. The lowest BCUT2D eigenvalue weighted by Gasteiger charge is -2.19. The molecule has 0 spiro atoms. The fourth-order valence-electron chi connectivity index (χ4n) is 3.29. The minimum atomic E-state index is -0.715. The zero-order valence-corrected chi connectivity index (χ0v) is 19.1. The third kappa shape index (κ3) is 7.52. The molecule has 0 aliphatic heterocycles. The molecular formula is C25H31N3O5. The molecule has 33 heavy (non-hydrogen) atoms. The standard InChI is InChI=1S/C25H31N3O5/c1-3-32-21-13-10-18(15-22(21)33-4-2)24(30)26-16-23(29)28-20(25(31)27-19-11-12-19)14-17-8-6-5-7-9-17/h5-10,13,15,19-20H,3-4,11-12,14,16H2,1-2H3,(H,26,30)(H,27,31)(H,28,29). The van der Waals surface area contributed by atoms with Crippen LogP contribution in [0, 0.1) is 0 Å². The number of nitrogens with one attached hydrogen (secondary N) is 3. The van der Waals surface area contributed by atoms with Gasteiger partial charge >= 0.3 is 0 Å². The summed E-state index contributed by atoms with van der Waals surface area (Å²) >= 11 is 0. The van der Waals surface area contributed by atoms with Crippen molar-refractivity contribution in [2.24, 2.45) is 0 Å². The Balaban J connectivity index is 1.58. The average Bonchev–Trinajstić information content (AvgIpc) is 3.63. The summed E-state index contributed by atoms with van der Waals surface area (Å²) in [5.41, 5.74) is 1.29. The minimum absolute atomic E-state index is 0.187. The maximum Gasteiger partial charge on any atom is 0.251 e. The van der Waals surface area contributed by atoms with Crippen molar-refractivity contribution in [3.63, 3.8) is 0 Å². The van der Waals surface area contributed by atoms with Crippen molar-refractivity contribution in [3.05, 3.63) is 59.7 Å². The second-order valence-corrected chi connectivity index (χ2v) is 7.80. The molecular weight excluding hydrogens is 422 g/mol. The number of benzene rings is 2. The van der Waals surface area contributed by atoms with Gasteiger partial charge in [0, 0.05) is 18.0 Å². The molecule has 2 aromatic carbocycles. The van der Waals surface area contributed by atoms with Crippen molar-refractivity contribution in [2.75, 3.05) is 19.8 Å². The van der Waals surface area contributed by atoms with Gasteiger partial charge in [-0.15, -0.1) is 0 Å². The van der Waals surface area contributed by atoms with Gasteiger partial charge in [-0.3, -0.25) is 14.4 Å². The molecule has 1 aliphatic carbocycles. The second-order valence-electron chi connectivity index (χ2n) is 7.80. The lowest BCUT2D eigenvalue weighted by atomic mass is 10.1. The average molecular weight is 454 g/mol. The van der Waals surface area contributed by atoms with E-state index in [1.165, 1.54) is 0 Å². The smallest absolute Gasteiger partial charge is 0.251 e. The van der Waals surface area contributed by atoms with Gasteiger partial charge in [-0.25, -0.2) is 0 Å². The number of hydrogen-bond donors (Lipinski definition) is 3. The molecule has 0 heterocycles. The highest BCUT2D eigenvalue weighted by Gasteiger charge is 2.28. The molecule has 1 atom stereocenters. The predicted octanol–water partition coefficient (Wildman–Crippen LogP) is 2.22. The van der Waals surface area contributed by atoms with Crippen LogP contribution in [0.4, 0.5) is 0 Å². The SMILES string of the molecule is CCOc1ccc(C(=O)NCC(=O)NC(Cc2ccccc2)C(=O)NC2CC2)cc1OCC. The van der Waals surface area contributed by atoms with Crippen LogP contribution in [0.15, 0.2) is 48.5 Å². The molecule has 1 unspecified atom stereocenters. The lowest BCUT2D eigenvalue weighted by Crippen LogP contribution is -2.51. The molecule has 1 aliphatic rings. The number of rotatable bonds is 12. The summed E-state index contributed by atoms with van der Waals surface area (Å²) < 4.78 is 11.1. The highest BCUT2D eigenvalue weighted by molar-refractivity contribution is 5.97. The van der Waals surface area contributed by atoms with Gasteiger partial charge in [0.1, 0.15) is 6.04 Å². The molecule has 0 aromatic heterocycles. The van der Waals surface area contributed by atoms with E-state index < -0.39 is 17.9 Å². The molecule has 0 saturated heterocycles. The van der Waals surface area contributed by atoms with Gasteiger partial charge in [0.25, 0.3) is 5.91 Å². The Labute approximate surface area is 194 Å². The first-order valence-corrected chi connectivity index (χ1v) is 11.3. The first-order valence-electron chi connectivity index (χ1n) is 11.3. The number of ether oxygens (including phenoxy) is 2. The molecule has 0 radical (unpaired) electrons. The van der Waals surface area contributed by atoms with E-state index in [0.717, 1.165) is 18.4 Å². The van der Waals surface area contributed by atoms with E-state index in [9.17, 15) is 14.4 Å². The molecule has 3 N–H and O–H groups in total. The van der Waals surface area contributed by atoms with Crippen molar-refractivity contribution in [1.29, 1.82) is 0 Å². The maximum absolute atomic E-state index is 12.6. The fourth-order valence-corrected chi connectivity index (χ4v) is 3.29. The van der Waals surface area contributed by atoms with Crippen molar-refractivity contribution in [3.8, 4) is 11.5 Å². The largest absolute Gasteiger partial charge is 0.490 e. The molecule has 8 heteroatoms. The quantitative estimate of drug-likeness (QED) is 0.457. The van der Waals surface area contributed by atoms with Gasteiger partial charge in [0.2, 0.25) is 11.8 Å². The first kappa shape index (κ1) is 24.1. The number of carbonyl (C=O) groups is 3. The normalized spacial score (nSPS) is 13.5. The lowest BCUT2D eigenvalue weighted by molar-refractivity contribution is -0.128. The number of hydrogen-bond acceptors (Lipinski definition) is 5. The van der Waals surface area contributed by atoms with Crippen LogP contribution >= 0.6 is 0 Å². The Bertz CT molecular complexity index is 960. The zero-order valence-electron chi connectivity index (χ0n) is 19.1. The molecule has 3 amide bonds. The van der Waals surface area contributed by atoms with Crippen LogP contribution in [0.3, 0.4) is 0 Å². The summed E-state index contributed by atoms with van der Waals surface area (Å²) in [6.07, 6.45) is 2.29. The molecule has 1 saturated carbocycles. The van der Waals surface area contributed by atoms with E-state index in [1.807, 2.05) is 44.2 Å². The summed E-state index contributed by atoms with van der Waals surface area (Å²) in [5, 5.41) is 8.29. The molecule has 1 fully saturated rings. The molecule has 3 rings (SSSR count). The Morgan fingerprint density at radius 3 is 2.33 bits per heavy atom. The third-order valence-electron chi connectivity index (χ3n) is 5.07. The van der Waals surface area contributed by atoms with Crippen LogP contribution < -0.4 is 25.4 Å². The topological polar surface area (TPSA) is 106 Å². The van der Waals surface area contributed by atoms with Crippen molar-refractivity contribution >= 4 is 17.7 Å². The highest BCUT2D eigenvalue weighted by atomic mass is 16.5. The van der Waals surface area contributed by atoms with Crippen LogP contribution in [0.1, 0.15) is 42.6 Å². The molecule has 2 aromatic rings. The van der Waals surface area contributed by atoms with Gasteiger partial charge in [0.05, 0.1) is 19.8 Å². The molecule has 0 bridgehead atoms. The molecule has 8 nitrogen and oxygen atoms in total. The third-order valence-corrected chi connectivity index (χ3v) is 5.07. The van der Waals surface area contributed by atoms with E-state index in [2.05, 4.69) is 16.0 Å². The Kier molecular flexibility index (Phi) is 8.69. The Morgan fingerprint density at radius 1 is 0.970 bits per heavy atom. The fraction of sp³-hybridized carbons (Fsp3) is 0.400. The van der Waals surface area contributed by atoms with E-state index in [1.54, 1.807) is 18.2 Å². The zero-order chi connectivity index (χ0) is 23.6. The molecule has 176 valence electrons. The highest BCUT2D eigenvalue weighted by Crippen LogP contribution is 2.28. The van der Waals surface area contributed by atoms with Crippen molar-refractivity contribution in [1.82, 2.24) is 16.0 Å². The van der Waals surface area contributed by atoms with E-state index in [4.69, 9.17) is 9.47 Å². The van der Waals surface area contributed by atoms with Gasteiger partial charge in [0.15, 0.2) is 11.5 Å². The van der Waals surface area contributed by atoms with E-state index >= 15 is 0 Å². The van der Waals surface area contributed by atoms with E-state index in [0.29, 0.717) is 36.7 Å². The summed E-state index contributed by atoms with van der Waals surface area (Å²) in [4.78, 5) is 37.8. The maximum atomic E-state index is 12.6. The van der Waals surface area contributed by atoms with Crippen molar-refractivity contribution in [2.45, 2.75) is 45.2 Å². The van der Waals surface area contributed by atoms with Gasteiger partial charge < -0.3 is 25.4 Å². The van der Waals surface area contributed by atoms with Crippen LogP contribution in [0.5, 0.6) is 11.5 Å². The van der Waals surface area contributed by atoms with Crippen LogP contribution in [0.25, 0.3) is 0 Å². The first-order chi connectivity index (χ1) is 16.0. The summed E-state index contributed by atoms with van der Waals surface area (Å²) in [6.45, 7) is 4.37. The minimum Gasteiger partial charge on any atom is -0.490 e. The summed E-state index contributed by atoms with van der Waals surface area (Å²) in [7, 11) is 0. The van der Waals surface area contributed by atoms with Gasteiger partial charge in [-0.1, -0.05) is 30.3 Å². The van der Waals surface area contributed by atoms with Crippen LogP contribution in [0.2, 0.25) is 0 Å². The van der Waals surface area contributed by atoms with Gasteiger partial charge in [-0.05, 0) is 50.5 Å². The second kappa shape index (κ2) is 11.9. The Hall–Kier alpha value is -3.55. The summed E-state index contributed by atoms with van der Waals surface area (Å²) in [6, 6.07) is 13.8. The van der Waals surface area contributed by atoms with Crippen molar-refractivity contribution < 1.29 is 23.9 Å². The van der Waals surface area contributed by atoms with Crippen LogP contribution in [-0.2, 0) is 16.0 Å². The van der Waals surface area contributed by atoms with Gasteiger partial charge in [-0.2, -0.15) is 0 Å². The summed E-state index contributed by atoms with van der Waals surface area (Å²) in [5.74, 6) is -0.0496. The predicted molar refractivity (Wildman–Crippen MR) is 124 cm³/mol. The Morgan fingerprint density at radius 2 is 1.67 bits per heavy atom. The van der Waals surface area contributed by atoms with Crippen LogP contribution in [-0.4, -0.2) is 49.6 Å². The van der Waals surface area contributed by atoms with E-state index in [-0.39, 0.29) is 18.5 Å².